The van der Waals surface area contributed by atoms with E-state index < -0.39 is 17.5 Å². The second-order valence-corrected chi connectivity index (χ2v) is 7.03. The van der Waals surface area contributed by atoms with Crippen molar-refractivity contribution < 1.29 is 20.1 Å². The lowest BCUT2D eigenvalue weighted by Crippen LogP contribution is -2.57. The van der Waals surface area contributed by atoms with Crippen LogP contribution in [-0.2, 0) is 4.79 Å². The topological polar surface area (TPSA) is 77.8 Å². The van der Waals surface area contributed by atoms with Gasteiger partial charge in [0.05, 0.1) is 19.1 Å². The van der Waals surface area contributed by atoms with Gasteiger partial charge >= 0.3 is 5.97 Å². The number of hydrogen-bond donors (Lipinski definition) is 3. The average molecular weight is 282 g/mol. The second-order valence-electron chi connectivity index (χ2n) is 7.03. The third-order valence-corrected chi connectivity index (χ3v) is 6.16. The maximum Gasteiger partial charge on any atom is 0.303 e. The van der Waals surface area contributed by atoms with E-state index in [4.69, 9.17) is 0 Å². The molecule has 1 saturated carbocycles. The van der Waals surface area contributed by atoms with Gasteiger partial charge in [-0.2, -0.15) is 0 Å². The number of carboxylic acids is 1. The summed E-state index contributed by atoms with van der Waals surface area (Å²) in [7, 11) is 0. The molecule has 0 unspecified atom stereocenters. The predicted molar refractivity (Wildman–Crippen MR) is 76.1 cm³/mol. The van der Waals surface area contributed by atoms with Crippen molar-refractivity contribution in [3.63, 3.8) is 0 Å². The van der Waals surface area contributed by atoms with Crippen molar-refractivity contribution in [3.05, 3.63) is 11.6 Å². The summed E-state index contributed by atoms with van der Waals surface area (Å²) in [6.07, 6.45) is 3.96. The van der Waals surface area contributed by atoms with Crippen molar-refractivity contribution in [2.24, 2.45) is 22.7 Å². The fraction of sp³-hybridized carbons (Fsp3) is 0.812. The van der Waals surface area contributed by atoms with Gasteiger partial charge in [0.2, 0.25) is 0 Å². The van der Waals surface area contributed by atoms with E-state index in [1.54, 1.807) is 0 Å². The summed E-state index contributed by atoms with van der Waals surface area (Å²) in [6, 6.07) is 0. The number of aliphatic hydroxyl groups is 2. The van der Waals surface area contributed by atoms with Crippen LogP contribution in [0.15, 0.2) is 11.6 Å². The molecule has 0 aliphatic heterocycles. The van der Waals surface area contributed by atoms with E-state index >= 15 is 0 Å². The van der Waals surface area contributed by atoms with Crippen LogP contribution in [0.4, 0.5) is 0 Å². The molecule has 0 aromatic carbocycles. The fourth-order valence-electron chi connectivity index (χ4n) is 4.68. The Balaban J connectivity index is 2.47. The molecular formula is C16H26O4. The van der Waals surface area contributed by atoms with Crippen molar-refractivity contribution in [3.8, 4) is 0 Å². The van der Waals surface area contributed by atoms with Gasteiger partial charge in [0.25, 0.3) is 0 Å². The van der Waals surface area contributed by atoms with Gasteiger partial charge in [-0.05, 0) is 42.1 Å². The Morgan fingerprint density at radius 2 is 2.10 bits per heavy atom. The number of allylic oxidation sites excluding steroid dienone is 1. The van der Waals surface area contributed by atoms with Crippen LogP contribution in [0.2, 0.25) is 0 Å². The molecule has 114 valence electrons. The summed E-state index contributed by atoms with van der Waals surface area (Å²) >= 11 is 0. The van der Waals surface area contributed by atoms with E-state index in [0.29, 0.717) is 6.42 Å². The Morgan fingerprint density at radius 1 is 1.45 bits per heavy atom. The maximum atomic E-state index is 11.3. The van der Waals surface area contributed by atoms with Crippen molar-refractivity contribution >= 4 is 5.97 Å². The Labute approximate surface area is 120 Å². The molecule has 2 rings (SSSR count). The molecular weight excluding hydrogens is 256 g/mol. The standard InChI is InChI=1S/C16H26O4/c1-10-7-13(18)16(3)11(9-17)5-4-6-12(16)15(10,2)8-14(19)20/h5,10,12-13,17-18H,4,6-9H2,1-3H3,(H,19,20)/t10-,12-,13+,15+,16+/m1/s1. The monoisotopic (exact) mass is 282 g/mol. The number of rotatable bonds is 3. The van der Waals surface area contributed by atoms with Gasteiger partial charge in [-0.1, -0.05) is 26.8 Å². The van der Waals surface area contributed by atoms with Crippen molar-refractivity contribution in [1.82, 2.24) is 0 Å². The molecule has 0 aromatic heterocycles. The summed E-state index contributed by atoms with van der Waals surface area (Å²) in [5, 5.41) is 29.5. The SMILES string of the molecule is C[C@@H]1C[C@H](O)[C@@]2(C)C(CO)=CCC[C@@H]2[C@@]1(C)CC(=O)O. The molecule has 4 nitrogen and oxygen atoms in total. The first-order valence-corrected chi connectivity index (χ1v) is 7.47. The minimum Gasteiger partial charge on any atom is -0.481 e. The lowest BCUT2D eigenvalue weighted by Gasteiger charge is -2.59. The lowest BCUT2D eigenvalue weighted by atomic mass is 9.46. The highest BCUT2D eigenvalue weighted by Gasteiger charge is 2.58. The van der Waals surface area contributed by atoms with Gasteiger partial charge in [-0.3, -0.25) is 4.79 Å². The molecule has 0 aromatic rings. The van der Waals surface area contributed by atoms with Gasteiger partial charge in [0, 0.05) is 5.41 Å². The zero-order chi connectivity index (χ0) is 15.1. The number of carboxylic acid groups (broad SMARTS) is 1. The van der Waals surface area contributed by atoms with Crippen LogP contribution in [0.25, 0.3) is 0 Å². The van der Waals surface area contributed by atoms with Crippen LogP contribution >= 0.6 is 0 Å². The molecule has 0 bridgehead atoms. The van der Waals surface area contributed by atoms with E-state index in [1.165, 1.54) is 0 Å². The summed E-state index contributed by atoms with van der Waals surface area (Å²) in [5.41, 5.74) is 0.0443. The minimum absolute atomic E-state index is 0.0540. The number of aliphatic hydroxyl groups excluding tert-OH is 2. The summed E-state index contributed by atoms with van der Waals surface area (Å²) in [6.45, 7) is 6.03. The largest absolute Gasteiger partial charge is 0.481 e. The highest BCUT2D eigenvalue weighted by Crippen LogP contribution is 2.61. The highest BCUT2D eigenvalue weighted by atomic mass is 16.4. The normalized spacial score (nSPS) is 44.6. The third-order valence-electron chi connectivity index (χ3n) is 6.16. The molecule has 0 amide bonds. The molecule has 3 N–H and O–H groups in total. The molecule has 2 aliphatic rings. The third kappa shape index (κ3) is 2.09. The summed E-state index contributed by atoms with van der Waals surface area (Å²) in [5.74, 6) is -0.528. The molecule has 5 atom stereocenters. The van der Waals surface area contributed by atoms with Gasteiger partial charge < -0.3 is 15.3 Å². The quantitative estimate of drug-likeness (QED) is 0.693. The van der Waals surface area contributed by atoms with E-state index in [9.17, 15) is 20.1 Å². The van der Waals surface area contributed by atoms with Gasteiger partial charge in [0.1, 0.15) is 0 Å². The zero-order valence-electron chi connectivity index (χ0n) is 12.6. The number of fused-ring (bicyclic) bond motifs is 1. The van der Waals surface area contributed by atoms with Gasteiger partial charge in [0.15, 0.2) is 0 Å². The molecule has 0 spiro atoms. The molecule has 0 radical (unpaired) electrons. The van der Waals surface area contributed by atoms with Crippen LogP contribution in [0.1, 0.15) is 46.5 Å². The molecule has 2 aliphatic carbocycles. The van der Waals surface area contributed by atoms with Crippen molar-refractivity contribution in [2.75, 3.05) is 6.61 Å². The van der Waals surface area contributed by atoms with Crippen LogP contribution in [0, 0.1) is 22.7 Å². The lowest BCUT2D eigenvalue weighted by molar-refractivity contribution is -0.156. The molecule has 0 saturated heterocycles. The highest BCUT2D eigenvalue weighted by molar-refractivity contribution is 5.68. The predicted octanol–water partition coefficient (Wildman–Crippen LogP) is 2.20. The van der Waals surface area contributed by atoms with Crippen LogP contribution in [-0.4, -0.2) is 34.0 Å². The Kier molecular flexibility index (Phi) is 4.00. The average Bonchev–Trinajstić information content (AvgIpc) is 2.36. The number of carbonyl (C=O) groups is 1. The van der Waals surface area contributed by atoms with Gasteiger partial charge in [-0.15, -0.1) is 0 Å². The van der Waals surface area contributed by atoms with Crippen molar-refractivity contribution in [2.45, 2.75) is 52.6 Å². The van der Waals surface area contributed by atoms with Crippen LogP contribution < -0.4 is 0 Å². The minimum atomic E-state index is -0.779. The summed E-state index contributed by atoms with van der Waals surface area (Å²) in [4.78, 5) is 11.3. The maximum absolute atomic E-state index is 11.3. The number of aliphatic carboxylic acids is 1. The molecule has 1 fully saturated rings. The van der Waals surface area contributed by atoms with E-state index in [1.807, 2.05) is 26.8 Å². The number of hydrogen-bond acceptors (Lipinski definition) is 3. The Bertz CT molecular complexity index is 430. The van der Waals surface area contributed by atoms with E-state index in [2.05, 4.69) is 0 Å². The van der Waals surface area contributed by atoms with E-state index in [0.717, 1.165) is 18.4 Å². The van der Waals surface area contributed by atoms with Crippen LogP contribution in [0.5, 0.6) is 0 Å². The van der Waals surface area contributed by atoms with Gasteiger partial charge in [-0.25, -0.2) is 0 Å². The molecule has 0 heterocycles. The molecule has 20 heavy (non-hydrogen) atoms. The first-order valence-electron chi connectivity index (χ1n) is 7.47. The van der Waals surface area contributed by atoms with Crippen LogP contribution in [0.3, 0.4) is 0 Å². The zero-order valence-corrected chi connectivity index (χ0v) is 12.6. The Hall–Kier alpha value is -0.870. The first-order chi connectivity index (χ1) is 9.26. The fourth-order valence-corrected chi connectivity index (χ4v) is 4.68. The first kappa shape index (κ1) is 15.5. The van der Waals surface area contributed by atoms with Crippen molar-refractivity contribution in [1.29, 1.82) is 0 Å². The smallest absolute Gasteiger partial charge is 0.303 e. The summed E-state index contributed by atoms with van der Waals surface area (Å²) < 4.78 is 0. The van der Waals surface area contributed by atoms with E-state index in [-0.39, 0.29) is 30.3 Å². The molecule has 4 heteroatoms. The second kappa shape index (κ2) is 5.15. The Morgan fingerprint density at radius 3 is 2.65 bits per heavy atom.